The third-order valence-electron chi connectivity index (χ3n) is 4.22. The Morgan fingerprint density at radius 2 is 1.85 bits per heavy atom. The van der Waals surface area contributed by atoms with E-state index < -0.39 is 5.97 Å². The van der Waals surface area contributed by atoms with E-state index in [1.54, 1.807) is 19.1 Å². The summed E-state index contributed by atoms with van der Waals surface area (Å²) in [5.74, 6) is -0.455. The first-order chi connectivity index (χ1) is 12.6. The minimum absolute atomic E-state index is 0.00947. The third-order valence-corrected chi connectivity index (χ3v) is 4.22. The predicted octanol–water partition coefficient (Wildman–Crippen LogP) is 4.04. The van der Waals surface area contributed by atoms with Crippen molar-refractivity contribution >= 4 is 17.0 Å². The van der Waals surface area contributed by atoms with E-state index in [1.165, 1.54) is 16.4 Å². The van der Waals surface area contributed by atoms with Crippen LogP contribution >= 0.6 is 0 Å². The summed E-state index contributed by atoms with van der Waals surface area (Å²) in [6.07, 6.45) is 0. The molecule has 0 radical (unpaired) electrons. The number of hydrogen-bond donors (Lipinski definition) is 1. The highest BCUT2D eigenvalue weighted by Crippen LogP contribution is 2.27. The number of carbonyl (C=O) groups is 1. The Hall–Kier alpha value is -3.15. The molecule has 1 aromatic heterocycles. The topological polar surface area (TPSA) is 77.2 Å². The highest BCUT2D eigenvalue weighted by atomic mass is 16.5. The van der Waals surface area contributed by atoms with Gasteiger partial charge in [-0.25, -0.2) is 4.79 Å². The van der Waals surface area contributed by atoms with Gasteiger partial charge in [0.15, 0.2) is 0 Å². The Morgan fingerprint density at radius 3 is 2.48 bits per heavy atom. The Balaban J connectivity index is 1.88. The number of ether oxygens (including phenoxy) is 1. The molecule has 3 aromatic rings. The van der Waals surface area contributed by atoms with Gasteiger partial charge in [-0.1, -0.05) is 39.5 Å². The lowest BCUT2D eigenvalue weighted by Crippen LogP contribution is -2.10. The summed E-state index contributed by atoms with van der Waals surface area (Å²) >= 11 is 0. The first-order valence-corrected chi connectivity index (χ1v) is 8.67. The van der Waals surface area contributed by atoms with E-state index in [9.17, 15) is 9.90 Å². The number of fused-ring (bicyclic) bond motifs is 1. The summed E-state index contributed by atoms with van der Waals surface area (Å²) in [7, 11) is 0. The molecule has 6 nitrogen and oxygen atoms in total. The Bertz CT molecular complexity index is 1030. The van der Waals surface area contributed by atoms with Gasteiger partial charge in [0.1, 0.15) is 29.1 Å². The van der Waals surface area contributed by atoms with E-state index in [1.807, 2.05) is 18.2 Å². The van der Waals surface area contributed by atoms with Crippen LogP contribution in [-0.2, 0) is 21.6 Å². The number of benzene rings is 2. The van der Waals surface area contributed by atoms with Gasteiger partial charge in [0.05, 0.1) is 0 Å². The number of rotatable bonds is 4. The number of carbonyl (C=O) groups excluding carboxylic acids is 1. The number of hydrogen-bond acceptors (Lipinski definition) is 5. The van der Waals surface area contributed by atoms with E-state index in [4.69, 9.17) is 4.74 Å². The first kappa shape index (κ1) is 18.6. The molecule has 0 saturated carbocycles. The van der Waals surface area contributed by atoms with Crippen LogP contribution < -0.4 is 0 Å². The van der Waals surface area contributed by atoms with Crippen molar-refractivity contribution in [1.82, 2.24) is 15.0 Å². The minimum Gasteiger partial charge on any atom is -0.506 e. The molecule has 0 bridgehead atoms. The van der Waals surface area contributed by atoms with Gasteiger partial charge in [-0.15, -0.1) is 15.0 Å². The van der Waals surface area contributed by atoms with Crippen molar-refractivity contribution in [2.24, 2.45) is 0 Å². The zero-order valence-corrected chi connectivity index (χ0v) is 16.0. The van der Waals surface area contributed by atoms with Gasteiger partial charge >= 0.3 is 5.97 Å². The van der Waals surface area contributed by atoms with E-state index in [0.29, 0.717) is 16.8 Å². The Kier molecular flexibility index (Phi) is 4.74. The summed E-state index contributed by atoms with van der Waals surface area (Å²) in [5, 5.41) is 19.3. The summed E-state index contributed by atoms with van der Waals surface area (Å²) in [4.78, 5) is 12.9. The SMILES string of the molecule is C=C(C)C(=O)OCc1ccc(-n2nc3ccc(C(C)(C)C)cc3n2)c(O)c1. The highest BCUT2D eigenvalue weighted by molar-refractivity contribution is 5.86. The smallest absolute Gasteiger partial charge is 0.333 e. The van der Waals surface area contributed by atoms with E-state index in [2.05, 4.69) is 37.5 Å². The number of nitrogens with zero attached hydrogens (tertiary/aromatic N) is 3. The third kappa shape index (κ3) is 4.00. The van der Waals surface area contributed by atoms with Gasteiger partial charge in [-0.05, 0) is 47.7 Å². The van der Waals surface area contributed by atoms with Gasteiger partial charge in [-0.2, -0.15) is 0 Å². The molecule has 1 N–H and O–H groups in total. The standard InChI is InChI=1S/C21H23N3O3/c1-13(2)20(26)27-12-14-6-9-18(19(25)10-14)24-22-16-8-7-15(21(3,4)5)11-17(16)23-24/h6-11,25H,1,12H2,2-5H3. The van der Waals surface area contributed by atoms with E-state index in [-0.39, 0.29) is 17.8 Å². The second-order valence-corrected chi connectivity index (χ2v) is 7.62. The fourth-order valence-corrected chi connectivity index (χ4v) is 2.59. The Morgan fingerprint density at radius 1 is 1.15 bits per heavy atom. The summed E-state index contributed by atoms with van der Waals surface area (Å²) in [6.45, 7) is 11.6. The average Bonchev–Trinajstić information content (AvgIpc) is 3.01. The first-order valence-electron chi connectivity index (χ1n) is 8.67. The molecule has 0 saturated heterocycles. The molecule has 2 aromatic carbocycles. The molecule has 0 amide bonds. The number of phenolic OH excluding ortho intramolecular Hbond substituents is 1. The van der Waals surface area contributed by atoms with Crippen molar-refractivity contribution in [2.45, 2.75) is 39.7 Å². The van der Waals surface area contributed by atoms with E-state index >= 15 is 0 Å². The normalized spacial score (nSPS) is 11.6. The fourth-order valence-electron chi connectivity index (χ4n) is 2.59. The zero-order chi connectivity index (χ0) is 19.8. The minimum atomic E-state index is -0.465. The molecule has 0 fully saturated rings. The summed E-state index contributed by atoms with van der Waals surface area (Å²) < 4.78 is 5.10. The van der Waals surface area contributed by atoms with Crippen LogP contribution in [0.3, 0.4) is 0 Å². The molecule has 6 heteroatoms. The highest BCUT2D eigenvalue weighted by Gasteiger charge is 2.16. The van der Waals surface area contributed by atoms with Crippen LogP contribution in [0, 0.1) is 0 Å². The lowest BCUT2D eigenvalue weighted by atomic mass is 9.87. The molecule has 0 atom stereocenters. The van der Waals surface area contributed by atoms with Gasteiger partial charge < -0.3 is 9.84 Å². The van der Waals surface area contributed by atoms with Gasteiger partial charge in [0.25, 0.3) is 0 Å². The van der Waals surface area contributed by atoms with E-state index in [0.717, 1.165) is 11.0 Å². The number of esters is 1. The summed E-state index contributed by atoms with van der Waals surface area (Å²) in [6, 6.07) is 11.0. The van der Waals surface area contributed by atoms with Crippen LogP contribution in [-0.4, -0.2) is 26.1 Å². The second kappa shape index (κ2) is 6.87. The van der Waals surface area contributed by atoms with Crippen LogP contribution in [0.1, 0.15) is 38.8 Å². The van der Waals surface area contributed by atoms with Crippen molar-refractivity contribution in [3.63, 3.8) is 0 Å². The molecule has 1 heterocycles. The van der Waals surface area contributed by atoms with Gasteiger partial charge in [-0.3, -0.25) is 0 Å². The monoisotopic (exact) mass is 365 g/mol. The molecule has 27 heavy (non-hydrogen) atoms. The van der Waals surface area contributed by atoms with Crippen molar-refractivity contribution in [3.8, 4) is 11.4 Å². The number of aromatic hydroxyl groups is 1. The molecule has 3 rings (SSSR count). The molecule has 0 aliphatic rings. The Labute approximate surface area is 158 Å². The molecule has 0 aliphatic carbocycles. The average molecular weight is 365 g/mol. The van der Waals surface area contributed by atoms with Crippen molar-refractivity contribution < 1.29 is 14.6 Å². The molecule has 0 aliphatic heterocycles. The van der Waals surface area contributed by atoms with Crippen LogP contribution in [0.2, 0.25) is 0 Å². The summed E-state index contributed by atoms with van der Waals surface area (Å²) in [5.41, 5.74) is 4.15. The molecular weight excluding hydrogens is 342 g/mol. The van der Waals surface area contributed by atoms with Crippen molar-refractivity contribution in [1.29, 1.82) is 0 Å². The van der Waals surface area contributed by atoms with Crippen LogP contribution in [0.5, 0.6) is 5.75 Å². The molecule has 0 unspecified atom stereocenters. The zero-order valence-electron chi connectivity index (χ0n) is 16.0. The van der Waals surface area contributed by atoms with Crippen LogP contribution in [0.4, 0.5) is 0 Å². The second-order valence-electron chi connectivity index (χ2n) is 7.62. The van der Waals surface area contributed by atoms with Gasteiger partial charge in [0.2, 0.25) is 0 Å². The maximum atomic E-state index is 11.5. The number of phenols is 1. The molecule has 0 spiro atoms. The lowest BCUT2D eigenvalue weighted by Gasteiger charge is -2.18. The fraction of sp³-hybridized carbons (Fsp3) is 0.286. The van der Waals surface area contributed by atoms with Crippen LogP contribution in [0.25, 0.3) is 16.7 Å². The number of aromatic nitrogens is 3. The molecule has 140 valence electrons. The molecular formula is C21H23N3O3. The maximum Gasteiger partial charge on any atom is 0.333 e. The van der Waals surface area contributed by atoms with Crippen molar-refractivity contribution in [3.05, 3.63) is 59.7 Å². The quantitative estimate of drug-likeness (QED) is 0.558. The maximum absolute atomic E-state index is 11.5. The van der Waals surface area contributed by atoms with Crippen LogP contribution in [0.15, 0.2) is 48.6 Å². The lowest BCUT2D eigenvalue weighted by molar-refractivity contribution is -0.140. The largest absolute Gasteiger partial charge is 0.506 e. The predicted molar refractivity (Wildman–Crippen MR) is 104 cm³/mol. The van der Waals surface area contributed by atoms with Crippen molar-refractivity contribution in [2.75, 3.05) is 0 Å². The van der Waals surface area contributed by atoms with Gasteiger partial charge in [0, 0.05) is 5.57 Å².